The second-order valence-corrected chi connectivity index (χ2v) is 10.5. The van der Waals surface area contributed by atoms with Gasteiger partial charge in [-0.3, -0.25) is 0 Å². The molecule has 154 valence electrons. The number of ether oxygens (including phenoxy) is 1. The van der Waals surface area contributed by atoms with Gasteiger partial charge in [0.05, 0.1) is 0 Å². The summed E-state index contributed by atoms with van der Waals surface area (Å²) in [5.41, 5.74) is 6.65. The van der Waals surface area contributed by atoms with Crippen LogP contribution in [-0.4, -0.2) is 0 Å². The second-order valence-electron chi connectivity index (χ2n) is 9.51. The summed E-state index contributed by atoms with van der Waals surface area (Å²) in [6, 6.07) is 17.7. The van der Waals surface area contributed by atoms with Crippen LogP contribution in [0, 0.1) is 19.8 Å². The lowest BCUT2D eigenvalue weighted by molar-refractivity contribution is 0.181. The van der Waals surface area contributed by atoms with Gasteiger partial charge in [-0.15, -0.1) is 11.3 Å². The van der Waals surface area contributed by atoms with Gasteiger partial charge in [-0.1, -0.05) is 65.0 Å². The van der Waals surface area contributed by atoms with Crippen LogP contribution in [0.1, 0.15) is 68.7 Å². The Kier molecular flexibility index (Phi) is 6.53. The van der Waals surface area contributed by atoms with Gasteiger partial charge >= 0.3 is 0 Å². The minimum absolute atomic E-state index is 0.116. The molecule has 0 saturated carbocycles. The van der Waals surface area contributed by atoms with Gasteiger partial charge in [-0.2, -0.15) is 0 Å². The molecule has 1 heterocycles. The molecular weight excluding hydrogens is 372 g/mol. The van der Waals surface area contributed by atoms with Gasteiger partial charge in [-0.25, -0.2) is 0 Å². The molecule has 0 spiro atoms. The Bertz CT molecular complexity index is 905. The van der Waals surface area contributed by atoms with Gasteiger partial charge in [0, 0.05) is 4.88 Å². The zero-order valence-electron chi connectivity index (χ0n) is 18.9. The predicted molar refractivity (Wildman–Crippen MR) is 127 cm³/mol. The summed E-state index contributed by atoms with van der Waals surface area (Å²) in [5.74, 6) is 1.55. The largest absolute Gasteiger partial charge is 0.485 e. The van der Waals surface area contributed by atoms with Crippen LogP contribution in [0.2, 0.25) is 0 Å². The molecule has 0 N–H and O–H groups in total. The molecule has 0 aliphatic rings. The summed E-state index contributed by atoms with van der Waals surface area (Å²) in [5, 5.41) is 2.13. The number of hydrogen-bond donors (Lipinski definition) is 0. The Balaban J connectivity index is 1.89. The van der Waals surface area contributed by atoms with Crippen LogP contribution in [0.15, 0.2) is 53.9 Å². The molecule has 0 fully saturated rings. The Labute approximate surface area is 180 Å². The van der Waals surface area contributed by atoms with Crippen LogP contribution in [0.4, 0.5) is 0 Å². The Morgan fingerprint density at radius 1 is 0.931 bits per heavy atom. The lowest BCUT2D eigenvalue weighted by Crippen LogP contribution is -2.10. The minimum atomic E-state index is 0.116. The third-order valence-electron chi connectivity index (χ3n) is 5.37. The summed E-state index contributed by atoms with van der Waals surface area (Å²) in [6.45, 7) is 15.7. The van der Waals surface area contributed by atoms with Crippen LogP contribution in [0.25, 0.3) is 11.1 Å². The smallest absolute Gasteiger partial charge is 0.133 e. The first-order valence-corrected chi connectivity index (χ1v) is 11.5. The average molecular weight is 407 g/mol. The van der Waals surface area contributed by atoms with E-state index in [-0.39, 0.29) is 11.5 Å². The van der Waals surface area contributed by atoms with Crippen LogP contribution >= 0.6 is 11.3 Å². The highest BCUT2D eigenvalue weighted by atomic mass is 32.1. The fourth-order valence-electron chi connectivity index (χ4n) is 3.87. The lowest BCUT2D eigenvalue weighted by Gasteiger charge is -2.22. The molecule has 1 aromatic heterocycles. The number of benzene rings is 2. The number of rotatable bonds is 6. The molecule has 29 heavy (non-hydrogen) atoms. The van der Waals surface area contributed by atoms with E-state index in [4.69, 9.17) is 4.74 Å². The van der Waals surface area contributed by atoms with E-state index in [1.54, 1.807) is 11.3 Å². The highest BCUT2D eigenvalue weighted by molar-refractivity contribution is 7.10. The van der Waals surface area contributed by atoms with Crippen LogP contribution < -0.4 is 4.74 Å². The van der Waals surface area contributed by atoms with Crippen molar-refractivity contribution < 1.29 is 4.74 Å². The number of thiophene rings is 1. The van der Waals surface area contributed by atoms with Crippen molar-refractivity contribution in [1.82, 2.24) is 0 Å². The quantitative estimate of drug-likeness (QED) is 0.399. The van der Waals surface area contributed by atoms with Crippen molar-refractivity contribution in [2.75, 3.05) is 0 Å². The van der Waals surface area contributed by atoms with E-state index in [0.29, 0.717) is 5.92 Å². The van der Waals surface area contributed by atoms with Crippen molar-refractivity contribution in [3.8, 4) is 16.9 Å². The lowest BCUT2D eigenvalue weighted by atomic mass is 9.85. The maximum Gasteiger partial charge on any atom is 0.133 e. The van der Waals surface area contributed by atoms with Crippen molar-refractivity contribution in [3.05, 3.63) is 75.5 Å². The highest BCUT2D eigenvalue weighted by Gasteiger charge is 2.18. The van der Waals surface area contributed by atoms with Gasteiger partial charge in [0.15, 0.2) is 0 Å². The van der Waals surface area contributed by atoms with Crippen molar-refractivity contribution in [3.63, 3.8) is 0 Å². The maximum atomic E-state index is 6.50. The van der Waals surface area contributed by atoms with E-state index in [1.807, 2.05) is 0 Å². The average Bonchev–Trinajstić information content (AvgIpc) is 3.14. The summed E-state index contributed by atoms with van der Waals surface area (Å²) in [4.78, 5) is 1.30. The van der Waals surface area contributed by atoms with Crippen LogP contribution in [0.5, 0.6) is 5.75 Å². The van der Waals surface area contributed by atoms with Crippen molar-refractivity contribution in [2.24, 2.45) is 5.92 Å². The SMILES string of the molecule is Cc1cc(OC(CC(C)C)c2cccs2)cc(C)c1-c1ccc(C(C)(C)C)cc1. The molecule has 3 aromatic rings. The molecule has 2 aromatic carbocycles. The van der Waals surface area contributed by atoms with Gasteiger partial charge in [0.1, 0.15) is 11.9 Å². The predicted octanol–water partition coefficient (Wildman–Crippen LogP) is 8.50. The molecule has 2 heteroatoms. The highest BCUT2D eigenvalue weighted by Crippen LogP contribution is 2.36. The van der Waals surface area contributed by atoms with E-state index >= 15 is 0 Å². The third-order valence-corrected chi connectivity index (χ3v) is 6.33. The molecule has 0 aliphatic heterocycles. The summed E-state index contributed by atoms with van der Waals surface area (Å²) >= 11 is 1.78. The van der Waals surface area contributed by atoms with Crippen molar-refractivity contribution in [2.45, 2.75) is 66.4 Å². The Morgan fingerprint density at radius 2 is 1.55 bits per heavy atom. The molecule has 0 radical (unpaired) electrons. The van der Waals surface area contributed by atoms with Crippen LogP contribution in [-0.2, 0) is 5.41 Å². The van der Waals surface area contributed by atoms with E-state index in [9.17, 15) is 0 Å². The minimum Gasteiger partial charge on any atom is -0.485 e. The van der Waals surface area contributed by atoms with Crippen molar-refractivity contribution >= 4 is 11.3 Å². The first kappa shape index (κ1) is 21.6. The van der Waals surface area contributed by atoms with E-state index in [2.05, 4.69) is 102 Å². The van der Waals surface area contributed by atoms with E-state index in [0.717, 1.165) is 12.2 Å². The third kappa shape index (κ3) is 5.30. The summed E-state index contributed by atoms with van der Waals surface area (Å²) in [7, 11) is 0. The van der Waals surface area contributed by atoms with Gasteiger partial charge in [-0.05, 0) is 83.0 Å². The molecule has 1 nitrogen and oxygen atoms in total. The number of hydrogen-bond acceptors (Lipinski definition) is 2. The Hall–Kier alpha value is -2.06. The van der Waals surface area contributed by atoms with E-state index in [1.165, 1.54) is 32.7 Å². The summed E-state index contributed by atoms with van der Waals surface area (Å²) in [6.07, 6.45) is 1.14. The van der Waals surface area contributed by atoms with E-state index < -0.39 is 0 Å². The fourth-order valence-corrected chi connectivity index (χ4v) is 4.64. The maximum absolute atomic E-state index is 6.50. The molecule has 0 aliphatic carbocycles. The van der Waals surface area contributed by atoms with Gasteiger partial charge < -0.3 is 4.74 Å². The topological polar surface area (TPSA) is 9.23 Å². The monoisotopic (exact) mass is 406 g/mol. The first-order chi connectivity index (χ1) is 13.6. The Morgan fingerprint density at radius 3 is 2.03 bits per heavy atom. The molecule has 1 atom stereocenters. The molecular formula is C27H34OS. The van der Waals surface area contributed by atoms with Gasteiger partial charge in [0.2, 0.25) is 0 Å². The standard InChI is InChI=1S/C27H34OS/c1-18(2)15-24(25-9-8-14-29-25)28-23-16-19(3)26(20(4)17-23)21-10-12-22(13-11-21)27(5,6)7/h8-14,16-18,24H,15H2,1-7H3. The zero-order chi connectivity index (χ0) is 21.2. The fraction of sp³-hybridized carbons (Fsp3) is 0.407. The molecule has 0 bridgehead atoms. The molecule has 3 rings (SSSR count). The number of aryl methyl sites for hydroxylation is 2. The van der Waals surface area contributed by atoms with Crippen LogP contribution in [0.3, 0.4) is 0 Å². The molecule has 1 unspecified atom stereocenters. The zero-order valence-corrected chi connectivity index (χ0v) is 19.7. The molecule has 0 saturated heterocycles. The second kappa shape index (κ2) is 8.75. The summed E-state index contributed by atoms with van der Waals surface area (Å²) < 4.78 is 6.50. The normalized spacial score (nSPS) is 13.0. The van der Waals surface area contributed by atoms with Gasteiger partial charge in [0.25, 0.3) is 0 Å². The van der Waals surface area contributed by atoms with Crippen molar-refractivity contribution in [1.29, 1.82) is 0 Å². The first-order valence-electron chi connectivity index (χ1n) is 10.6. The molecule has 0 amide bonds.